The fourth-order valence-corrected chi connectivity index (χ4v) is 1.36. The molecule has 0 unspecified atom stereocenters. The van der Waals surface area contributed by atoms with E-state index in [-0.39, 0.29) is 6.07 Å². The molecule has 20 heavy (non-hydrogen) atoms. The minimum absolute atomic E-state index is 0.0627. The molecule has 0 aliphatic heterocycles. The van der Waals surface area contributed by atoms with Gasteiger partial charge in [-0.1, -0.05) is 0 Å². The van der Waals surface area contributed by atoms with Crippen molar-refractivity contribution in [3.8, 4) is 17.7 Å². The molecular formula is C10H6F6N2O2. The highest BCUT2D eigenvalue weighted by Gasteiger charge is 2.39. The van der Waals surface area contributed by atoms with Crippen LogP contribution in [0.15, 0.2) is 6.07 Å². The smallest absolute Gasteiger partial charge is 0.494 e. The summed E-state index contributed by atoms with van der Waals surface area (Å²) in [5, 5.41) is 8.47. The van der Waals surface area contributed by atoms with Gasteiger partial charge in [0, 0.05) is 6.07 Å². The first kappa shape index (κ1) is 15.9. The Hall–Kier alpha value is -2.18. The van der Waals surface area contributed by atoms with E-state index in [2.05, 4.69) is 14.5 Å². The Labute approximate surface area is 108 Å². The molecule has 0 saturated heterocycles. The van der Waals surface area contributed by atoms with Crippen molar-refractivity contribution in [3.63, 3.8) is 0 Å². The van der Waals surface area contributed by atoms with Gasteiger partial charge >= 0.3 is 12.5 Å². The van der Waals surface area contributed by atoms with Crippen molar-refractivity contribution in [2.45, 2.75) is 19.0 Å². The summed E-state index contributed by atoms with van der Waals surface area (Å²) < 4.78 is 82.1. The lowest BCUT2D eigenvalue weighted by atomic mass is 10.1. The second-order valence-electron chi connectivity index (χ2n) is 3.37. The third-order valence-corrected chi connectivity index (χ3v) is 2.00. The molecule has 0 bridgehead atoms. The molecule has 0 aromatic carbocycles. The van der Waals surface area contributed by atoms with Crippen LogP contribution in [-0.4, -0.2) is 18.5 Å². The molecule has 0 aliphatic rings. The standard InChI is InChI=1S/C10H6F6N2O2/c1-19-8-5(9(11,12)13)4-7(20-10(14,15)16)18-6(8)2-3-17/h4H,2H2,1H3. The van der Waals surface area contributed by atoms with Gasteiger partial charge in [-0.25, -0.2) is 4.98 Å². The van der Waals surface area contributed by atoms with Crippen molar-refractivity contribution in [2.75, 3.05) is 7.11 Å². The van der Waals surface area contributed by atoms with Crippen LogP contribution in [0.25, 0.3) is 0 Å². The van der Waals surface area contributed by atoms with Crippen LogP contribution in [0.2, 0.25) is 0 Å². The summed E-state index contributed by atoms with van der Waals surface area (Å²) in [6.07, 6.45) is -10.8. The van der Waals surface area contributed by atoms with Gasteiger partial charge in [0.05, 0.1) is 19.6 Å². The zero-order chi connectivity index (χ0) is 15.6. The molecular weight excluding hydrogens is 294 g/mol. The number of ether oxygens (including phenoxy) is 2. The van der Waals surface area contributed by atoms with Crippen molar-refractivity contribution in [3.05, 3.63) is 17.3 Å². The number of aromatic nitrogens is 1. The molecule has 110 valence electrons. The number of alkyl halides is 6. The quantitative estimate of drug-likeness (QED) is 0.805. The number of methoxy groups -OCH3 is 1. The Morgan fingerprint density at radius 2 is 1.85 bits per heavy atom. The highest BCUT2D eigenvalue weighted by Crippen LogP contribution is 2.40. The zero-order valence-corrected chi connectivity index (χ0v) is 9.76. The van der Waals surface area contributed by atoms with E-state index >= 15 is 0 Å². The SMILES string of the molecule is COc1c(C(F)(F)F)cc(OC(F)(F)F)nc1CC#N. The third-order valence-electron chi connectivity index (χ3n) is 2.00. The molecule has 1 heterocycles. The lowest BCUT2D eigenvalue weighted by molar-refractivity contribution is -0.276. The van der Waals surface area contributed by atoms with Crippen molar-refractivity contribution >= 4 is 0 Å². The van der Waals surface area contributed by atoms with E-state index in [4.69, 9.17) is 5.26 Å². The van der Waals surface area contributed by atoms with Crippen LogP contribution in [0.1, 0.15) is 11.3 Å². The molecule has 1 aromatic heterocycles. The zero-order valence-electron chi connectivity index (χ0n) is 9.76. The second-order valence-corrected chi connectivity index (χ2v) is 3.37. The van der Waals surface area contributed by atoms with Crippen LogP contribution in [0, 0.1) is 11.3 Å². The van der Waals surface area contributed by atoms with E-state index in [1.165, 1.54) is 6.07 Å². The van der Waals surface area contributed by atoms with Crippen LogP contribution >= 0.6 is 0 Å². The Bertz CT molecular complexity index is 532. The predicted molar refractivity (Wildman–Crippen MR) is 51.8 cm³/mol. The van der Waals surface area contributed by atoms with E-state index in [0.717, 1.165) is 7.11 Å². The highest BCUT2D eigenvalue weighted by atomic mass is 19.4. The van der Waals surface area contributed by atoms with E-state index in [9.17, 15) is 26.3 Å². The Morgan fingerprint density at radius 1 is 1.25 bits per heavy atom. The van der Waals surface area contributed by atoms with Crippen LogP contribution in [0.5, 0.6) is 11.6 Å². The average Bonchev–Trinajstić information content (AvgIpc) is 2.25. The summed E-state index contributed by atoms with van der Waals surface area (Å²) in [5.74, 6) is -2.12. The molecule has 0 N–H and O–H groups in total. The van der Waals surface area contributed by atoms with Gasteiger partial charge in [-0.05, 0) is 0 Å². The largest absolute Gasteiger partial charge is 0.574 e. The van der Waals surface area contributed by atoms with Crippen LogP contribution < -0.4 is 9.47 Å². The molecule has 0 radical (unpaired) electrons. The number of nitriles is 1. The molecule has 10 heteroatoms. The van der Waals surface area contributed by atoms with E-state index in [0.29, 0.717) is 0 Å². The van der Waals surface area contributed by atoms with Gasteiger partial charge in [-0.15, -0.1) is 13.2 Å². The third kappa shape index (κ3) is 3.91. The number of halogens is 6. The summed E-state index contributed by atoms with van der Waals surface area (Å²) in [6.45, 7) is 0. The van der Waals surface area contributed by atoms with Crippen molar-refractivity contribution in [1.29, 1.82) is 5.26 Å². The number of hydrogen-bond acceptors (Lipinski definition) is 4. The van der Waals surface area contributed by atoms with Crippen LogP contribution in [-0.2, 0) is 12.6 Å². The number of pyridine rings is 1. The molecule has 0 aliphatic carbocycles. The Kier molecular flexibility index (Phi) is 4.32. The minimum Gasteiger partial charge on any atom is -0.494 e. The van der Waals surface area contributed by atoms with Gasteiger partial charge in [0.1, 0.15) is 11.3 Å². The topological polar surface area (TPSA) is 55.1 Å². The molecule has 0 fully saturated rings. The second kappa shape index (κ2) is 5.44. The molecule has 0 spiro atoms. The molecule has 0 saturated carbocycles. The molecule has 0 atom stereocenters. The first-order valence-electron chi connectivity index (χ1n) is 4.86. The van der Waals surface area contributed by atoms with Gasteiger partial charge < -0.3 is 9.47 Å². The number of hydrogen-bond donors (Lipinski definition) is 0. The maximum Gasteiger partial charge on any atom is 0.574 e. The monoisotopic (exact) mass is 300 g/mol. The molecule has 1 rings (SSSR count). The summed E-state index contributed by atoms with van der Waals surface area (Å²) in [5.41, 5.74) is -2.09. The Morgan fingerprint density at radius 3 is 2.25 bits per heavy atom. The summed E-state index contributed by atoms with van der Waals surface area (Å²) >= 11 is 0. The maximum absolute atomic E-state index is 12.7. The summed E-state index contributed by atoms with van der Waals surface area (Å²) in [4.78, 5) is 3.20. The normalized spacial score (nSPS) is 11.9. The van der Waals surface area contributed by atoms with Crippen molar-refractivity contribution < 1.29 is 35.8 Å². The molecule has 0 amide bonds. The van der Waals surface area contributed by atoms with Gasteiger partial charge in [0.2, 0.25) is 5.88 Å². The predicted octanol–water partition coefficient (Wildman–Crippen LogP) is 3.07. The lowest BCUT2D eigenvalue weighted by Gasteiger charge is -2.16. The van der Waals surface area contributed by atoms with Crippen LogP contribution in [0.4, 0.5) is 26.3 Å². The fourth-order valence-electron chi connectivity index (χ4n) is 1.36. The summed E-state index contributed by atoms with van der Waals surface area (Å²) in [6, 6.07) is 1.54. The van der Waals surface area contributed by atoms with Crippen molar-refractivity contribution in [2.24, 2.45) is 0 Å². The highest BCUT2D eigenvalue weighted by molar-refractivity contribution is 5.43. The van der Waals surface area contributed by atoms with Crippen molar-refractivity contribution in [1.82, 2.24) is 4.98 Å². The number of nitrogens with zero attached hydrogens (tertiary/aromatic N) is 2. The van der Waals surface area contributed by atoms with E-state index in [1.807, 2.05) is 0 Å². The van der Waals surface area contributed by atoms with E-state index in [1.54, 1.807) is 0 Å². The molecule has 1 aromatic rings. The maximum atomic E-state index is 12.7. The molecule has 4 nitrogen and oxygen atoms in total. The Balaban J connectivity index is 3.44. The van der Waals surface area contributed by atoms with Gasteiger partial charge in [0.15, 0.2) is 5.75 Å². The summed E-state index contributed by atoms with van der Waals surface area (Å²) in [7, 11) is 0.886. The van der Waals surface area contributed by atoms with Gasteiger partial charge in [-0.2, -0.15) is 18.4 Å². The lowest BCUT2D eigenvalue weighted by Crippen LogP contribution is -2.20. The first-order chi connectivity index (χ1) is 9.08. The first-order valence-corrected chi connectivity index (χ1v) is 4.86. The van der Waals surface area contributed by atoms with E-state index < -0.39 is 41.8 Å². The number of rotatable bonds is 3. The van der Waals surface area contributed by atoms with Gasteiger partial charge in [-0.3, -0.25) is 0 Å². The van der Waals surface area contributed by atoms with Crippen LogP contribution in [0.3, 0.4) is 0 Å². The van der Waals surface area contributed by atoms with Gasteiger partial charge in [0.25, 0.3) is 0 Å². The minimum atomic E-state index is -5.20. The fraction of sp³-hybridized carbons (Fsp3) is 0.400. The average molecular weight is 300 g/mol.